The minimum Gasteiger partial charge on any atom is -0.584 e. The van der Waals surface area contributed by atoms with E-state index < -0.39 is 5.91 Å². The van der Waals surface area contributed by atoms with Gasteiger partial charge in [0.05, 0.1) is 0 Å². The summed E-state index contributed by atoms with van der Waals surface area (Å²) in [6, 6.07) is 3.09. The van der Waals surface area contributed by atoms with E-state index in [1.54, 1.807) is 17.6 Å². The fraction of sp³-hybridized carbons (Fsp3) is 0. The van der Waals surface area contributed by atoms with Gasteiger partial charge in [0.25, 0.3) is 0 Å². The number of pyridine rings is 1. The normalized spacial score (nSPS) is 8.09. The number of hydrogen-bond donors (Lipinski definition) is 1. The summed E-state index contributed by atoms with van der Waals surface area (Å²) in [5.74, 6) is 6.11. The van der Waals surface area contributed by atoms with Gasteiger partial charge in [-0.25, -0.2) is 0 Å². The van der Waals surface area contributed by atoms with Gasteiger partial charge in [-0.15, -0.1) is 0 Å². The summed E-state index contributed by atoms with van der Waals surface area (Å²) in [5, 5.41) is 0. The molecule has 0 aromatic carbocycles. The van der Waals surface area contributed by atoms with Crippen LogP contribution in [0.5, 0.6) is 0 Å². The fourth-order valence-corrected chi connectivity index (χ4v) is 0.575. The maximum Gasteiger partial charge on any atom is 0.234 e. The molecule has 1 aromatic rings. The third-order valence-corrected chi connectivity index (χ3v) is 1.06. The third kappa shape index (κ3) is 2.78. The van der Waals surface area contributed by atoms with E-state index in [9.17, 15) is 4.79 Å². The van der Waals surface area contributed by atoms with Crippen LogP contribution >= 0.6 is 0 Å². The predicted molar refractivity (Wildman–Crippen MR) is 36.0 cm³/mol. The van der Waals surface area contributed by atoms with Crippen molar-refractivity contribution >= 4 is 5.91 Å². The standard InChI is InChI=1S/C6H7N3O.Mo/c7-9-6(10)5-1-3-8-4-2-5;/h1-4H,(H3,7,8,9,10);/p-1. The molecule has 1 rings (SSSR count). The van der Waals surface area contributed by atoms with Crippen molar-refractivity contribution in [3.63, 3.8) is 0 Å². The van der Waals surface area contributed by atoms with Crippen LogP contribution in [0.15, 0.2) is 24.5 Å². The predicted octanol–water partition coefficient (Wildman–Crippen LogP) is 0.776. The van der Waals surface area contributed by atoms with Crippen LogP contribution in [0.2, 0.25) is 0 Å². The van der Waals surface area contributed by atoms with Gasteiger partial charge < -0.3 is 11.3 Å². The monoisotopic (exact) mass is 234 g/mol. The average Bonchev–Trinajstić information content (AvgIpc) is 2.05. The summed E-state index contributed by atoms with van der Waals surface area (Å²) in [6.07, 6.45) is 3.01. The number of hydrogen-bond acceptors (Lipinski definition) is 2. The van der Waals surface area contributed by atoms with Gasteiger partial charge >= 0.3 is 0 Å². The average molecular weight is 232 g/mol. The molecular formula is C6H6MoN3O-. The number of nitrogens with zero attached hydrogens (tertiary/aromatic N) is 1. The van der Waals surface area contributed by atoms with E-state index >= 15 is 0 Å². The van der Waals surface area contributed by atoms with Crippen LogP contribution in [0, 0.1) is 0 Å². The fourth-order valence-electron chi connectivity index (χ4n) is 0.575. The summed E-state index contributed by atoms with van der Waals surface area (Å²) in [7, 11) is 0. The Balaban J connectivity index is 0.000001000. The second-order valence-corrected chi connectivity index (χ2v) is 1.69. The van der Waals surface area contributed by atoms with Gasteiger partial charge in [-0.3, -0.25) is 9.78 Å². The van der Waals surface area contributed by atoms with Gasteiger partial charge in [0.1, 0.15) is 0 Å². The van der Waals surface area contributed by atoms with E-state index in [2.05, 4.69) is 4.98 Å². The van der Waals surface area contributed by atoms with Crippen LogP contribution in [0.1, 0.15) is 10.4 Å². The summed E-state index contributed by atoms with van der Waals surface area (Å²) >= 11 is 0. The quantitative estimate of drug-likeness (QED) is 0.574. The molecule has 0 saturated carbocycles. The smallest absolute Gasteiger partial charge is 0.234 e. The van der Waals surface area contributed by atoms with Crippen LogP contribution in [0.3, 0.4) is 0 Å². The number of aromatic nitrogens is 1. The Bertz CT molecular complexity index is 227. The second-order valence-electron chi connectivity index (χ2n) is 1.69. The molecule has 0 radical (unpaired) electrons. The summed E-state index contributed by atoms with van der Waals surface area (Å²) in [5.41, 5.74) is 2.21. The summed E-state index contributed by atoms with van der Waals surface area (Å²) < 4.78 is 0. The SMILES string of the molecule is [Mo].[NH-]NC(=O)c1ccncc1. The van der Waals surface area contributed by atoms with Crippen molar-refractivity contribution in [1.29, 1.82) is 0 Å². The number of rotatable bonds is 1. The van der Waals surface area contributed by atoms with Gasteiger partial charge in [0, 0.05) is 39.0 Å². The van der Waals surface area contributed by atoms with Crippen molar-refractivity contribution in [2.75, 3.05) is 0 Å². The molecule has 58 valence electrons. The van der Waals surface area contributed by atoms with Crippen molar-refractivity contribution in [3.8, 4) is 0 Å². The molecule has 11 heavy (non-hydrogen) atoms. The largest absolute Gasteiger partial charge is 0.584 e. The second kappa shape index (κ2) is 4.99. The Labute approximate surface area is 78.4 Å². The van der Waals surface area contributed by atoms with E-state index in [0.717, 1.165) is 0 Å². The van der Waals surface area contributed by atoms with Gasteiger partial charge in [0.15, 0.2) is 0 Å². The van der Waals surface area contributed by atoms with E-state index in [1.165, 1.54) is 12.4 Å². The maximum atomic E-state index is 10.7. The first-order chi connectivity index (χ1) is 4.84. The zero-order valence-electron chi connectivity index (χ0n) is 5.57. The Morgan fingerprint density at radius 3 is 2.45 bits per heavy atom. The van der Waals surface area contributed by atoms with Crippen molar-refractivity contribution in [3.05, 3.63) is 35.9 Å². The van der Waals surface area contributed by atoms with Crippen molar-refractivity contribution < 1.29 is 25.9 Å². The van der Waals surface area contributed by atoms with E-state index in [1.807, 2.05) is 0 Å². The molecule has 1 aromatic heterocycles. The van der Waals surface area contributed by atoms with Gasteiger partial charge in [-0.1, -0.05) is 0 Å². The van der Waals surface area contributed by atoms with Crippen molar-refractivity contribution in [2.45, 2.75) is 0 Å². The summed E-state index contributed by atoms with van der Waals surface area (Å²) in [4.78, 5) is 14.4. The molecule has 0 unspecified atom stereocenters. The first kappa shape index (κ1) is 10.3. The van der Waals surface area contributed by atoms with Crippen LogP contribution < -0.4 is 5.43 Å². The Hall–Kier alpha value is -0.732. The minimum atomic E-state index is -0.414. The zero-order valence-corrected chi connectivity index (χ0v) is 7.58. The number of carbonyl (C=O) groups is 1. The number of amides is 1. The Kier molecular flexibility index (Phi) is 4.66. The van der Waals surface area contributed by atoms with E-state index in [0.29, 0.717) is 5.56 Å². The van der Waals surface area contributed by atoms with E-state index in [-0.39, 0.29) is 21.1 Å². The molecule has 0 fully saturated rings. The van der Waals surface area contributed by atoms with Crippen LogP contribution in [0.25, 0.3) is 5.84 Å². The number of carbonyl (C=O) groups excluding carboxylic acids is 1. The van der Waals surface area contributed by atoms with Crippen LogP contribution in [-0.4, -0.2) is 10.9 Å². The molecule has 2 N–H and O–H groups in total. The third-order valence-electron chi connectivity index (χ3n) is 1.06. The zero-order chi connectivity index (χ0) is 7.40. The molecule has 4 nitrogen and oxygen atoms in total. The minimum absolute atomic E-state index is 0. The summed E-state index contributed by atoms with van der Waals surface area (Å²) in [6.45, 7) is 0. The topological polar surface area (TPSA) is 65.8 Å². The molecule has 0 aliphatic heterocycles. The molecule has 0 aliphatic rings. The van der Waals surface area contributed by atoms with Gasteiger partial charge in [-0.05, 0) is 12.1 Å². The van der Waals surface area contributed by atoms with Gasteiger partial charge in [0.2, 0.25) is 5.91 Å². The molecule has 0 atom stereocenters. The first-order valence-corrected chi connectivity index (χ1v) is 2.71. The van der Waals surface area contributed by atoms with Gasteiger partial charge in [-0.2, -0.15) is 0 Å². The maximum absolute atomic E-state index is 10.7. The molecule has 1 amide bonds. The molecule has 1 heterocycles. The molecule has 5 heteroatoms. The van der Waals surface area contributed by atoms with E-state index in [4.69, 9.17) is 5.84 Å². The van der Waals surface area contributed by atoms with Crippen LogP contribution in [-0.2, 0) is 21.1 Å². The number of nitrogens with one attached hydrogen (secondary N) is 2. The molecule has 0 spiro atoms. The molecule has 0 bridgehead atoms. The van der Waals surface area contributed by atoms with Crippen molar-refractivity contribution in [2.24, 2.45) is 0 Å². The molecular weight excluding hydrogens is 226 g/mol. The Morgan fingerprint density at radius 2 is 2.00 bits per heavy atom. The van der Waals surface area contributed by atoms with Crippen molar-refractivity contribution in [1.82, 2.24) is 10.4 Å². The first-order valence-electron chi connectivity index (χ1n) is 2.71. The van der Waals surface area contributed by atoms with Crippen LogP contribution in [0.4, 0.5) is 0 Å². The molecule has 0 saturated heterocycles. The Morgan fingerprint density at radius 1 is 1.45 bits per heavy atom. The molecule has 0 aliphatic carbocycles.